The lowest BCUT2D eigenvalue weighted by molar-refractivity contribution is 0.0958. The fourth-order valence-corrected chi connectivity index (χ4v) is 4.37. The molecule has 4 rings (SSSR count). The summed E-state index contributed by atoms with van der Waals surface area (Å²) < 4.78 is 3.77. The van der Waals surface area contributed by atoms with Gasteiger partial charge in [-0.15, -0.1) is 21.5 Å². The zero-order valence-corrected chi connectivity index (χ0v) is 17.1. The summed E-state index contributed by atoms with van der Waals surface area (Å²) in [5, 5.41) is 17.1. The number of carbonyl (C=O) groups excluding carboxylic acids is 1. The molecule has 0 spiro atoms. The Balaban J connectivity index is 1.54. The van der Waals surface area contributed by atoms with Crippen molar-refractivity contribution in [3.8, 4) is 5.69 Å². The Hall–Kier alpha value is -2.71. The van der Waals surface area contributed by atoms with Crippen LogP contribution in [0.5, 0.6) is 0 Å². The van der Waals surface area contributed by atoms with Crippen LogP contribution < -0.4 is 5.32 Å². The molecule has 0 bridgehead atoms. The molecule has 3 heterocycles. The number of benzene rings is 1. The third-order valence-electron chi connectivity index (χ3n) is 4.52. The number of nitrogens with zero attached hydrogens (tertiary/aromatic N) is 5. The molecule has 0 atom stereocenters. The van der Waals surface area contributed by atoms with Gasteiger partial charge in [-0.05, 0) is 32.0 Å². The Kier molecular flexibility index (Phi) is 5.15. The van der Waals surface area contributed by atoms with Gasteiger partial charge in [0.2, 0.25) is 0 Å². The number of para-hydroxylation sites is 1. The van der Waals surface area contributed by atoms with Gasteiger partial charge in [-0.2, -0.15) is 5.10 Å². The normalized spacial score (nSPS) is 11.2. The summed E-state index contributed by atoms with van der Waals surface area (Å²) in [5.74, 6) is 0.762. The van der Waals surface area contributed by atoms with Crippen molar-refractivity contribution < 1.29 is 4.79 Å². The topological polar surface area (TPSA) is 77.6 Å². The molecule has 1 aromatic carbocycles. The minimum absolute atomic E-state index is 0.103. The van der Waals surface area contributed by atoms with Crippen LogP contribution in [-0.4, -0.2) is 37.0 Å². The fraction of sp³-hybridized carbons (Fsp3) is 0.263. The van der Waals surface area contributed by atoms with E-state index in [1.54, 1.807) is 11.0 Å². The number of fused-ring (bicyclic) bond motifs is 1. The number of aryl methyl sites for hydroxylation is 2. The minimum Gasteiger partial charge on any atom is -0.351 e. The summed E-state index contributed by atoms with van der Waals surface area (Å²) in [6.45, 7) is 5.28. The number of hydrogen-bond acceptors (Lipinski definition) is 5. The summed E-state index contributed by atoms with van der Waals surface area (Å²) in [4.78, 5) is 14.2. The third-order valence-corrected chi connectivity index (χ3v) is 5.95. The van der Waals surface area contributed by atoms with Crippen molar-refractivity contribution in [2.24, 2.45) is 0 Å². The van der Waals surface area contributed by atoms with E-state index >= 15 is 0 Å². The highest BCUT2D eigenvalue weighted by molar-refractivity contribution is 7.20. The summed E-state index contributed by atoms with van der Waals surface area (Å²) in [6, 6.07) is 9.43. The van der Waals surface area contributed by atoms with E-state index in [2.05, 4.69) is 20.6 Å². The van der Waals surface area contributed by atoms with E-state index in [9.17, 15) is 4.79 Å². The van der Waals surface area contributed by atoms with E-state index in [1.165, 1.54) is 11.3 Å². The summed E-state index contributed by atoms with van der Waals surface area (Å²) in [6.07, 6.45) is 2.34. The van der Waals surface area contributed by atoms with Crippen LogP contribution in [0.15, 0.2) is 36.7 Å². The van der Waals surface area contributed by atoms with Crippen LogP contribution in [0.3, 0.4) is 0 Å². The molecule has 28 heavy (non-hydrogen) atoms. The van der Waals surface area contributed by atoms with Crippen LogP contribution in [0.25, 0.3) is 15.9 Å². The van der Waals surface area contributed by atoms with Crippen LogP contribution in [0.4, 0.5) is 0 Å². The van der Waals surface area contributed by atoms with E-state index < -0.39 is 0 Å². The van der Waals surface area contributed by atoms with Gasteiger partial charge >= 0.3 is 0 Å². The number of thiophene rings is 1. The lowest BCUT2D eigenvalue weighted by Crippen LogP contribution is -2.25. The van der Waals surface area contributed by atoms with Gasteiger partial charge in [-0.25, -0.2) is 4.68 Å². The number of aromatic nitrogens is 5. The molecule has 7 nitrogen and oxygen atoms in total. The predicted octanol–water partition coefficient (Wildman–Crippen LogP) is 3.63. The van der Waals surface area contributed by atoms with Crippen LogP contribution in [0.2, 0.25) is 5.02 Å². The molecular formula is C19H19ClN6OS. The van der Waals surface area contributed by atoms with Crippen LogP contribution in [-0.2, 0) is 13.0 Å². The van der Waals surface area contributed by atoms with Crippen molar-refractivity contribution in [3.05, 3.63) is 58.1 Å². The Bertz CT molecular complexity index is 1140. The summed E-state index contributed by atoms with van der Waals surface area (Å²) in [5.41, 5.74) is 1.66. The average molecular weight is 415 g/mol. The van der Waals surface area contributed by atoms with Gasteiger partial charge < -0.3 is 9.88 Å². The molecule has 9 heteroatoms. The average Bonchev–Trinajstić information content (AvgIpc) is 3.39. The Morgan fingerprint density at radius 3 is 2.93 bits per heavy atom. The molecule has 3 aromatic heterocycles. The number of amides is 1. The highest BCUT2D eigenvalue weighted by atomic mass is 35.5. The standard InChI is InChI=1S/C19H19ClN6OS/c1-3-25-11-22-23-17(25)8-9-21-18(27)16-10-13-12(2)24-26(19(13)28-16)15-7-5-4-6-14(15)20/h4-7,10-11H,3,8-9H2,1-2H3,(H,21,27). The van der Waals surface area contributed by atoms with Crippen molar-refractivity contribution in [3.63, 3.8) is 0 Å². The lowest BCUT2D eigenvalue weighted by atomic mass is 10.3. The fourth-order valence-electron chi connectivity index (χ4n) is 3.06. The van der Waals surface area contributed by atoms with Crippen molar-refractivity contribution >= 4 is 39.1 Å². The lowest BCUT2D eigenvalue weighted by Gasteiger charge is -2.05. The predicted molar refractivity (Wildman–Crippen MR) is 110 cm³/mol. The molecule has 0 saturated heterocycles. The summed E-state index contributed by atoms with van der Waals surface area (Å²) >= 11 is 7.74. The third kappa shape index (κ3) is 3.41. The Morgan fingerprint density at radius 1 is 1.32 bits per heavy atom. The quantitative estimate of drug-likeness (QED) is 0.522. The van der Waals surface area contributed by atoms with Crippen LogP contribution in [0, 0.1) is 6.92 Å². The Labute approximate surface area is 171 Å². The molecule has 0 radical (unpaired) electrons. The first-order chi connectivity index (χ1) is 13.6. The van der Waals surface area contributed by atoms with Crippen molar-refractivity contribution in [2.45, 2.75) is 26.8 Å². The molecular weight excluding hydrogens is 396 g/mol. The molecule has 0 fully saturated rings. The van der Waals surface area contributed by atoms with E-state index in [-0.39, 0.29) is 5.91 Å². The largest absolute Gasteiger partial charge is 0.351 e. The second-order valence-corrected chi connectivity index (χ2v) is 7.76. The number of halogens is 1. The minimum atomic E-state index is -0.103. The molecule has 0 unspecified atom stereocenters. The first-order valence-electron chi connectivity index (χ1n) is 8.97. The molecule has 1 amide bonds. The molecule has 0 aliphatic heterocycles. The van der Waals surface area contributed by atoms with Gasteiger partial charge in [-0.3, -0.25) is 4.79 Å². The van der Waals surface area contributed by atoms with E-state index in [4.69, 9.17) is 11.6 Å². The molecule has 144 valence electrons. The maximum Gasteiger partial charge on any atom is 0.261 e. The first-order valence-corrected chi connectivity index (χ1v) is 10.2. The van der Waals surface area contributed by atoms with Crippen molar-refractivity contribution in [1.29, 1.82) is 0 Å². The highest BCUT2D eigenvalue weighted by Gasteiger charge is 2.18. The molecule has 1 N–H and O–H groups in total. The zero-order valence-electron chi connectivity index (χ0n) is 15.5. The van der Waals surface area contributed by atoms with Gasteiger partial charge in [0.25, 0.3) is 5.91 Å². The van der Waals surface area contributed by atoms with Gasteiger partial charge in [0.1, 0.15) is 17.0 Å². The van der Waals surface area contributed by atoms with Gasteiger partial charge in [0.15, 0.2) is 0 Å². The molecule has 4 aromatic rings. The first kappa shape index (κ1) is 18.6. The SMILES string of the molecule is CCn1cnnc1CCNC(=O)c1cc2c(C)nn(-c3ccccc3Cl)c2s1. The van der Waals surface area contributed by atoms with E-state index in [1.807, 2.05) is 48.7 Å². The van der Waals surface area contributed by atoms with Crippen LogP contribution >= 0.6 is 22.9 Å². The highest BCUT2D eigenvalue weighted by Crippen LogP contribution is 2.32. The number of hydrogen-bond donors (Lipinski definition) is 1. The maximum atomic E-state index is 12.6. The monoisotopic (exact) mass is 414 g/mol. The van der Waals surface area contributed by atoms with Gasteiger partial charge in [0.05, 0.1) is 21.3 Å². The molecule has 0 saturated carbocycles. The number of nitrogens with one attached hydrogen (secondary N) is 1. The second kappa shape index (κ2) is 7.73. The molecule has 0 aliphatic carbocycles. The summed E-state index contributed by atoms with van der Waals surface area (Å²) in [7, 11) is 0. The molecule has 0 aliphatic rings. The smallest absolute Gasteiger partial charge is 0.261 e. The van der Waals surface area contributed by atoms with Crippen LogP contribution in [0.1, 0.15) is 28.1 Å². The van der Waals surface area contributed by atoms with E-state index in [0.717, 1.165) is 34.0 Å². The zero-order chi connectivity index (χ0) is 19.7. The van der Waals surface area contributed by atoms with Crippen molar-refractivity contribution in [2.75, 3.05) is 6.54 Å². The van der Waals surface area contributed by atoms with Crippen molar-refractivity contribution in [1.82, 2.24) is 29.9 Å². The van der Waals surface area contributed by atoms with Gasteiger partial charge in [-0.1, -0.05) is 23.7 Å². The Morgan fingerprint density at radius 2 is 2.14 bits per heavy atom. The maximum absolute atomic E-state index is 12.6. The number of rotatable bonds is 6. The second-order valence-electron chi connectivity index (χ2n) is 6.32. The van der Waals surface area contributed by atoms with Gasteiger partial charge in [0, 0.05) is 24.9 Å². The van der Waals surface area contributed by atoms with E-state index in [0.29, 0.717) is 22.9 Å². The number of carbonyl (C=O) groups is 1.